The van der Waals surface area contributed by atoms with Gasteiger partial charge in [-0.05, 0) is 54.7 Å². The number of anilines is 2. The van der Waals surface area contributed by atoms with Crippen molar-refractivity contribution in [3.63, 3.8) is 0 Å². The zero-order valence-corrected chi connectivity index (χ0v) is 18.3. The van der Waals surface area contributed by atoms with Crippen molar-refractivity contribution in [2.45, 2.75) is 44.9 Å². The van der Waals surface area contributed by atoms with E-state index in [2.05, 4.69) is 25.5 Å². The first kappa shape index (κ1) is 22.7. The number of carbonyl (C=O) groups is 1. The first-order valence-electron chi connectivity index (χ1n) is 9.84. The highest BCUT2D eigenvalue weighted by atomic mass is 32.2. The molecule has 0 saturated carbocycles. The summed E-state index contributed by atoms with van der Waals surface area (Å²) in [5, 5.41) is 9.31. The van der Waals surface area contributed by atoms with Crippen LogP contribution in [0.4, 0.5) is 11.4 Å². The van der Waals surface area contributed by atoms with Gasteiger partial charge in [0, 0.05) is 13.6 Å². The summed E-state index contributed by atoms with van der Waals surface area (Å²) in [4.78, 5) is 13.5. The molecule has 0 unspecified atom stereocenters. The molecule has 158 valence electrons. The second-order valence-electron chi connectivity index (χ2n) is 7.66. The van der Waals surface area contributed by atoms with Crippen LogP contribution in [0.2, 0.25) is 0 Å². The van der Waals surface area contributed by atoms with Gasteiger partial charge in [0.25, 0.3) is 10.0 Å². The summed E-state index contributed by atoms with van der Waals surface area (Å²) in [6, 6.07) is 11.3. The molecule has 29 heavy (non-hydrogen) atoms. The summed E-state index contributed by atoms with van der Waals surface area (Å²) < 4.78 is 28.4. The number of benzene rings is 2. The zero-order valence-electron chi connectivity index (χ0n) is 17.5. The first-order valence-corrected chi connectivity index (χ1v) is 11.3. The van der Waals surface area contributed by atoms with Crippen molar-refractivity contribution < 1.29 is 18.3 Å². The minimum absolute atomic E-state index is 0.0302. The van der Waals surface area contributed by atoms with Crippen LogP contribution in [0.3, 0.4) is 0 Å². The highest BCUT2D eigenvalue weighted by Gasteiger charge is 2.19. The number of hydrogen-bond donors (Lipinski definition) is 2. The predicted octanol–water partition coefficient (Wildman–Crippen LogP) is 4.62. The Balaban J connectivity index is 2.36. The summed E-state index contributed by atoms with van der Waals surface area (Å²) in [6.07, 6.45) is 2.82. The van der Waals surface area contributed by atoms with Crippen molar-refractivity contribution in [3.8, 4) is 0 Å². The van der Waals surface area contributed by atoms with Gasteiger partial charge in [0.05, 0.1) is 21.8 Å². The lowest BCUT2D eigenvalue weighted by Crippen LogP contribution is -2.22. The molecule has 6 nitrogen and oxygen atoms in total. The van der Waals surface area contributed by atoms with Crippen LogP contribution in [0.15, 0.2) is 47.4 Å². The number of rotatable bonds is 10. The molecule has 0 fully saturated rings. The summed E-state index contributed by atoms with van der Waals surface area (Å²) >= 11 is 0. The Morgan fingerprint density at radius 1 is 1.14 bits per heavy atom. The molecule has 0 aliphatic rings. The lowest BCUT2D eigenvalue weighted by Gasteiger charge is -2.23. The maximum Gasteiger partial charge on any atom is 0.335 e. The molecule has 0 atom stereocenters. The van der Waals surface area contributed by atoms with Crippen molar-refractivity contribution in [2.75, 3.05) is 23.2 Å². The molecular formula is C22H30N2O4S. The lowest BCUT2D eigenvalue weighted by molar-refractivity contribution is 0.0697. The quantitative estimate of drug-likeness (QED) is 0.588. The molecule has 0 radical (unpaired) electrons. The topological polar surface area (TPSA) is 86.7 Å². The molecule has 0 saturated heterocycles. The minimum Gasteiger partial charge on any atom is -0.478 e. The molecule has 7 heteroatoms. The van der Waals surface area contributed by atoms with Crippen LogP contribution in [0.25, 0.3) is 0 Å². The maximum absolute atomic E-state index is 12.9. The van der Waals surface area contributed by atoms with E-state index in [0.717, 1.165) is 31.4 Å². The van der Waals surface area contributed by atoms with Crippen molar-refractivity contribution in [2.24, 2.45) is 5.92 Å². The Morgan fingerprint density at radius 2 is 1.79 bits per heavy atom. The fourth-order valence-corrected chi connectivity index (χ4v) is 4.14. The monoisotopic (exact) mass is 418 g/mol. The Kier molecular flexibility index (Phi) is 7.67. The number of carboxylic acids is 1. The Labute approximate surface area is 173 Å². The molecule has 0 aromatic heterocycles. The van der Waals surface area contributed by atoms with Gasteiger partial charge >= 0.3 is 5.97 Å². The number of nitrogens with one attached hydrogen (secondary N) is 1. The minimum atomic E-state index is -3.85. The van der Waals surface area contributed by atoms with Gasteiger partial charge in [-0.2, -0.15) is 0 Å². The van der Waals surface area contributed by atoms with Crippen LogP contribution >= 0.6 is 0 Å². The van der Waals surface area contributed by atoms with E-state index in [1.165, 1.54) is 12.1 Å². The first-order chi connectivity index (χ1) is 13.6. The third-order valence-corrected chi connectivity index (χ3v) is 6.01. The predicted molar refractivity (Wildman–Crippen MR) is 117 cm³/mol. The Hall–Kier alpha value is -2.54. The van der Waals surface area contributed by atoms with Crippen LogP contribution in [-0.4, -0.2) is 33.1 Å². The second kappa shape index (κ2) is 9.78. The summed E-state index contributed by atoms with van der Waals surface area (Å²) in [5.74, 6) is -0.623. The summed E-state index contributed by atoms with van der Waals surface area (Å²) in [6.45, 7) is 7.03. The Morgan fingerprint density at radius 3 is 2.34 bits per heavy atom. The fraction of sp³-hybridized carbons (Fsp3) is 0.409. The largest absolute Gasteiger partial charge is 0.478 e. The summed E-state index contributed by atoms with van der Waals surface area (Å²) in [7, 11) is -1.98. The second-order valence-corrected chi connectivity index (χ2v) is 9.34. The number of unbranched alkanes of at least 4 members (excludes halogenated alkanes) is 1. The number of hydrogen-bond acceptors (Lipinski definition) is 4. The summed E-state index contributed by atoms with van der Waals surface area (Å²) in [5.41, 5.74) is 2.01. The number of nitrogens with zero attached hydrogens (tertiary/aromatic N) is 1. The number of sulfonamides is 1. The smallest absolute Gasteiger partial charge is 0.335 e. The van der Waals surface area contributed by atoms with E-state index in [9.17, 15) is 18.3 Å². The van der Waals surface area contributed by atoms with Gasteiger partial charge in [0.2, 0.25) is 0 Å². The van der Waals surface area contributed by atoms with Gasteiger partial charge < -0.3 is 10.0 Å². The van der Waals surface area contributed by atoms with E-state index < -0.39 is 16.0 Å². The average Bonchev–Trinajstić information content (AvgIpc) is 2.65. The van der Waals surface area contributed by atoms with Crippen molar-refractivity contribution in [3.05, 3.63) is 53.6 Å². The van der Waals surface area contributed by atoms with Crippen molar-refractivity contribution in [1.82, 2.24) is 0 Å². The van der Waals surface area contributed by atoms with Gasteiger partial charge in [-0.25, -0.2) is 13.2 Å². The highest BCUT2D eigenvalue weighted by Crippen LogP contribution is 2.29. The molecule has 0 heterocycles. The van der Waals surface area contributed by atoms with Gasteiger partial charge in [-0.3, -0.25) is 4.72 Å². The number of carboxylic acid groups (broad SMARTS) is 1. The van der Waals surface area contributed by atoms with E-state index in [-0.39, 0.29) is 16.1 Å². The zero-order chi connectivity index (χ0) is 21.6. The third kappa shape index (κ3) is 6.22. The maximum atomic E-state index is 12.9. The molecular weight excluding hydrogens is 388 g/mol. The number of aromatic carboxylic acids is 1. The van der Waals surface area contributed by atoms with Crippen molar-refractivity contribution >= 4 is 27.4 Å². The molecule has 0 aliphatic heterocycles. The lowest BCUT2D eigenvalue weighted by atomic mass is 10.0. The van der Waals surface area contributed by atoms with Crippen molar-refractivity contribution in [1.29, 1.82) is 0 Å². The van der Waals surface area contributed by atoms with Gasteiger partial charge in [-0.1, -0.05) is 39.3 Å². The van der Waals surface area contributed by atoms with E-state index in [1.807, 2.05) is 24.1 Å². The third-order valence-electron chi connectivity index (χ3n) is 4.62. The van der Waals surface area contributed by atoms with Crippen LogP contribution in [0, 0.1) is 5.92 Å². The normalized spacial score (nSPS) is 11.5. The van der Waals surface area contributed by atoms with Crippen LogP contribution in [0.5, 0.6) is 0 Å². The molecule has 2 aromatic carbocycles. The van der Waals surface area contributed by atoms with E-state index >= 15 is 0 Å². The SMILES string of the molecule is CCCCN(C)c1ccc(C(=O)O)cc1NS(=O)(=O)c1ccc(CC(C)C)cc1. The van der Waals surface area contributed by atoms with Crippen LogP contribution < -0.4 is 9.62 Å². The fourth-order valence-electron chi connectivity index (χ4n) is 3.08. The van der Waals surface area contributed by atoms with E-state index in [1.54, 1.807) is 18.2 Å². The Bertz CT molecular complexity index is 938. The molecule has 0 bridgehead atoms. The molecule has 0 amide bonds. The molecule has 2 N–H and O–H groups in total. The average molecular weight is 419 g/mol. The molecule has 2 aromatic rings. The van der Waals surface area contributed by atoms with Crippen LogP contribution in [-0.2, 0) is 16.4 Å². The van der Waals surface area contributed by atoms with Gasteiger partial charge in [-0.15, -0.1) is 0 Å². The highest BCUT2D eigenvalue weighted by molar-refractivity contribution is 7.92. The molecule has 2 rings (SSSR count). The molecule has 0 aliphatic carbocycles. The van der Waals surface area contributed by atoms with E-state index in [0.29, 0.717) is 11.6 Å². The van der Waals surface area contributed by atoms with Gasteiger partial charge in [0.1, 0.15) is 0 Å². The standard InChI is InChI=1S/C22H30N2O4S/c1-5-6-13-24(4)21-12-9-18(22(25)26)15-20(21)23-29(27,28)19-10-7-17(8-11-19)14-16(2)3/h7-12,15-16,23H,5-6,13-14H2,1-4H3,(H,25,26). The van der Waals surface area contributed by atoms with Gasteiger partial charge in [0.15, 0.2) is 0 Å². The van der Waals surface area contributed by atoms with E-state index in [4.69, 9.17) is 0 Å². The van der Waals surface area contributed by atoms with Crippen LogP contribution in [0.1, 0.15) is 49.5 Å². The molecule has 0 spiro atoms.